The molecule has 1 fully saturated rings. The number of aromatic nitrogens is 1. The van der Waals surface area contributed by atoms with Gasteiger partial charge in [-0.2, -0.15) is 0 Å². The minimum Gasteiger partial charge on any atom is -0.333 e. The van der Waals surface area contributed by atoms with Crippen LogP contribution in [0.1, 0.15) is 56.1 Å². The van der Waals surface area contributed by atoms with E-state index in [2.05, 4.69) is 235 Å². The number of nitrogens with zero attached hydrogens (tertiary/aromatic N) is 2. The van der Waals surface area contributed by atoms with Crippen molar-refractivity contribution in [3.05, 3.63) is 230 Å². The van der Waals surface area contributed by atoms with Gasteiger partial charge in [0, 0.05) is 53.6 Å². The van der Waals surface area contributed by atoms with Crippen LogP contribution in [0, 0.1) is 5.92 Å². The van der Waals surface area contributed by atoms with E-state index in [9.17, 15) is 0 Å². The van der Waals surface area contributed by atoms with Gasteiger partial charge in [-0.15, -0.1) is 11.3 Å². The number of anilines is 2. The summed E-state index contributed by atoms with van der Waals surface area (Å²) < 4.78 is 5.09. The number of allylic oxidation sites excluding steroid dienone is 2. The van der Waals surface area contributed by atoms with E-state index in [1.807, 2.05) is 11.3 Å². The van der Waals surface area contributed by atoms with Crippen LogP contribution in [0.5, 0.6) is 0 Å². The summed E-state index contributed by atoms with van der Waals surface area (Å²) in [7, 11) is 0. The third kappa shape index (κ3) is 6.82. The smallest absolute Gasteiger partial charge is 0.0586 e. The van der Waals surface area contributed by atoms with Gasteiger partial charge in [-0.3, -0.25) is 0 Å². The lowest BCUT2D eigenvalue weighted by Gasteiger charge is -2.38. The number of fused-ring (bicyclic) bond motifs is 7. The molecule has 3 heteroatoms. The average molecular weight is 893 g/mol. The second-order valence-corrected chi connectivity index (χ2v) is 20.1. The van der Waals surface area contributed by atoms with Gasteiger partial charge in [0.1, 0.15) is 0 Å². The molecule has 0 amide bonds. The summed E-state index contributed by atoms with van der Waals surface area (Å²) in [6.07, 6.45) is 13.9. The molecule has 2 aliphatic carbocycles. The molecule has 0 N–H and O–H groups in total. The lowest BCUT2D eigenvalue weighted by molar-refractivity contribution is 0.445. The minimum absolute atomic E-state index is 0.0595. The summed E-state index contributed by atoms with van der Waals surface area (Å²) in [6, 6.07) is 74.8. The van der Waals surface area contributed by atoms with Crippen molar-refractivity contribution in [1.82, 2.24) is 4.57 Å². The van der Waals surface area contributed by atoms with Gasteiger partial charge < -0.3 is 9.47 Å². The highest BCUT2D eigenvalue weighted by molar-refractivity contribution is 7.25. The summed E-state index contributed by atoms with van der Waals surface area (Å²) >= 11 is 1.89. The second kappa shape index (κ2) is 17.0. The maximum atomic E-state index is 2.64. The van der Waals surface area contributed by atoms with E-state index >= 15 is 0 Å². The lowest BCUT2D eigenvalue weighted by atomic mass is 9.80. The van der Waals surface area contributed by atoms with Crippen LogP contribution in [0.15, 0.2) is 218 Å². The number of para-hydroxylation sites is 3. The van der Waals surface area contributed by atoms with Gasteiger partial charge in [0.25, 0.3) is 0 Å². The number of benzene rings is 9. The Kier molecular flexibility index (Phi) is 10.2. The van der Waals surface area contributed by atoms with E-state index < -0.39 is 0 Å². The molecule has 2 aliphatic rings. The zero-order valence-electron chi connectivity index (χ0n) is 38.4. The van der Waals surface area contributed by atoms with Crippen molar-refractivity contribution in [2.24, 2.45) is 5.92 Å². The fraction of sp³-hybridized carbons (Fsp3) is 0.138. The van der Waals surface area contributed by atoms with Crippen molar-refractivity contribution < 1.29 is 0 Å². The molecule has 9 aromatic carbocycles. The SMILES string of the molecule is CC1C=C(c2cccc3sc4ccccc4c23)C=CC1N(c1ccc(-c2cccc3c2c2ccccc2n3-c2ccccc2)cc1)c1ccccc1-c1cccc2cccc(C3CCCCC3)c12. The van der Waals surface area contributed by atoms with Gasteiger partial charge in [0.15, 0.2) is 0 Å². The third-order valence-corrected chi connectivity index (χ3v) is 16.2. The first kappa shape index (κ1) is 40.8. The molecule has 1 saturated carbocycles. The number of thiophene rings is 1. The maximum absolute atomic E-state index is 2.64. The van der Waals surface area contributed by atoms with E-state index in [-0.39, 0.29) is 12.0 Å². The Hall–Kier alpha value is -7.46. The van der Waals surface area contributed by atoms with Gasteiger partial charge in [-0.25, -0.2) is 0 Å². The topological polar surface area (TPSA) is 8.17 Å². The maximum Gasteiger partial charge on any atom is 0.0586 e. The number of rotatable bonds is 8. The van der Waals surface area contributed by atoms with Gasteiger partial charge >= 0.3 is 0 Å². The van der Waals surface area contributed by atoms with Crippen LogP contribution < -0.4 is 4.90 Å². The van der Waals surface area contributed by atoms with Crippen LogP contribution >= 0.6 is 11.3 Å². The largest absolute Gasteiger partial charge is 0.333 e. The highest BCUT2D eigenvalue weighted by Gasteiger charge is 2.30. The summed E-state index contributed by atoms with van der Waals surface area (Å²) in [4.78, 5) is 2.64. The molecule has 0 bridgehead atoms. The van der Waals surface area contributed by atoms with Gasteiger partial charge in [-0.1, -0.05) is 190 Å². The Balaban J connectivity index is 0.966. The average Bonchev–Trinajstić information content (AvgIpc) is 3.96. The molecule has 68 heavy (non-hydrogen) atoms. The quantitative estimate of drug-likeness (QED) is 0.148. The highest BCUT2D eigenvalue weighted by Crippen LogP contribution is 2.47. The van der Waals surface area contributed by atoms with Crippen LogP contribution in [-0.4, -0.2) is 10.6 Å². The van der Waals surface area contributed by atoms with Crippen LogP contribution in [0.3, 0.4) is 0 Å². The van der Waals surface area contributed by atoms with Gasteiger partial charge in [0.05, 0.1) is 17.1 Å². The molecular weight excluding hydrogens is 841 g/mol. The predicted molar refractivity (Wildman–Crippen MR) is 293 cm³/mol. The van der Waals surface area contributed by atoms with Crippen molar-refractivity contribution in [3.8, 4) is 27.9 Å². The summed E-state index contributed by atoms with van der Waals surface area (Å²) in [5.74, 6) is 0.788. The molecule has 0 radical (unpaired) electrons. The van der Waals surface area contributed by atoms with E-state index in [1.54, 1.807) is 0 Å². The molecule has 0 saturated heterocycles. The van der Waals surface area contributed by atoms with Gasteiger partial charge in [-0.05, 0) is 123 Å². The van der Waals surface area contributed by atoms with Crippen molar-refractivity contribution in [2.45, 2.75) is 51.0 Å². The Morgan fingerprint density at radius 3 is 2.01 bits per heavy atom. The Morgan fingerprint density at radius 1 is 0.500 bits per heavy atom. The normalized spacial score (nSPS) is 16.6. The summed E-state index contributed by atoms with van der Waals surface area (Å²) in [6.45, 7) is 2.41. The minimum atomic E-state index is 0.0595. The van der Waals surface area contributed by atoms with Crippen molar-refractivity contribution in [1.29, 1.82) is 0 Å². The van der Waals surface area contributed by atoms with Crippen molar-refractivity contribution in [3.63, 3.8) is 0 Å². The molecule has 13 rings (SSSR count). The molecule has 0 spiro atoms. The molecule has 2 nitrogen and oxygen atoms in total. The van der Waals surface area contributed by atoms with E-state index in [0.29, 0.717) is 5.92 Å². The molecule has 2 unspecified atom stereocenters. The van der Waals surface area contributed by atoms with Crippen LogP contribution in [0.2, 0.25) is 0 Å². The predicted octanol–water partition coefficient (Wildman–Crippen LogP) is 18.5. The number of hydrogen-bond donors (Lipinski definition) is 0. The standard InChI is InChI=1S/C65H52N2S/c1-43-42-47(52-29-17-35-62-65(52)56-26-10-13-34-61(56)68-62)38-41-57(43)66(58-31-11-8-24-53(58)54-30-15-21-46-20-14-27-50(63(46)54)44-18-4-2-5-19-44)49-39-36-45(37-40-49)51-28-16-33-60-64(51)55-25-9-12-32-59(55)67(60)48-22-6-3-7-23-48/h3,6-17,20-44,57H,2,4-5,18-19H2,1H3. The third-order valence-electron chi connectivity index (χ3n) is 15.1. The fourth-order valence-electron chi connectivity index (χ4n) is 12.0. The van der Waals surface area contributed by atoms with Crippen molar-refractivity contribution >= 4 is 81.0 Å². The fourth-order valence-corrected chi connectivity index (χ4v) is 13.1. The zero-order valence-corrected chi connectivity index (χ0v) is 39.2. The molecule has 0 aliphatic heterocycles. The number of hydrogen-bond acceptors (Lipinski definition) is 2. The lowest BCUT2D eigenvalue weighted by Crippen LogP contribution is -2.36. The molecule has 2 aromatic heterocycles. The molecular formula is C65H52N2S. The summed E-state index contributed by atoms with van der Waals surface area (Å²) in [5.41, 5.74) is 15.2. The monoisotopic (exact) mass is 892 g/mol. The summed E-state index contributed by atoms with van der Waals surface area (Å²) in [5, 5.41) is 7.98. The van der Waals surface area contributed by atoms with Crippen LogP contribution in [-0.2, 0) is 0 Å². The van der Waals surface area contributed by atoms with Crippen molar-refractivity contribution in [2.75, 3.05) is 4.90 Å². The molecule has 328 valence electrons. The molecule has 2 atom stereocenters. The molecule has 2 heterocycles. The zero-order chi connectivity index (χ0) is 45.1. The highest BCUT2D eigenvalue weighted by atomic mass is 32.1. The van der Waals surface area contributed by atoms with Crippen LogP contribution in [0.4, 0.5) is 11.4 Å². The van der Waals surface area contributed by atoms with E-state index in [0.717, 1.165) is 0 Å². The molecule has 11 aromatic rings. The first-order chi connectivity index (χ1) is 33.7. The second-order valence-electron chi connectivity index (χ2n) is 19.0. The Labute approximate surface area is 402 Å². The van der Waals surface area contributed by atoms with E-state index in [4.69, 9.17) is 0 Å². The van der Waals surface area contributed by atoms with Gasteiger partial charge in [0.2, 0.25) is 0 Å². The first-order valence-corrected chi connectivity index (χ1v) is 25.4. The Bertz CT molecular complexity index is 3740. The van der Waals surface area contributed by atoms with Crippen LogP contribution in [0.25, 0.3) is 86.3 Å². The Morgan fingerprint density at radius 2 is 1.16 bits per heavy atom. The first-order valence-electron chi connectivity index (χ1n) is 24.6. The van der Waals surface area contributed by atoms with E-state index in [1.165, 1.54) is 141 Å².